The summed E-state index contributed by atoms with van der Waals surface area (Å²) in [5, 5.41) is 3.26. The Morgan fingerprint density at radius 1 is 1.48 bits per heavy atom. The Bertz CT molecular complexity index is 484. The average Bonchev–Trinajstić information content (AvgIpc) is 2.46. The molecule has 0 saturated carbocycles. The average molecular weight is 382 g/mol. The first kappa shape index (κ1) is 18.2. The van der Waals surface area contributed by atoms with Gasteiger partial charge in [-0.1, -0.05) is 15.9 Å². The van der Waals surface area contributed by atoms with E-state index < -0.39 is 5.82 Å². The quantitative estimate of drug-likeness (QED) is 0.872. The molecular formula is C14H19BrClFN2O2. The van der Waals surface area contributed by atoms with Crippen molar-refractivity contribution in [3.05, 3.63) is 28.5 Å². The summed E-state index contributed by atoms with van der Waals surface area (Å²) in [7, 11) is 1.78. The smallest absolute Gasteiger partial charge is 0.260 e. The van der Waals surface area contributed by atoms with Crippen molar-refractivity contribution in [2.45, 2.75) is 18.9 Å². The number of hydrogen-bond donors (Lipinski definition) is 1. The third-order valence-corrected chi connectivity index (χ3v) is 3.99. The van der Waals surface area contributed by atoms with Crippen LogP contribution in [0.3, 0.4) is 0 Å². The zero-order valence-corrected chi connectivity index (χ0v) is 14.2. The summed E-state index contributed by atoms with van der Waals surface area (Å²) in [6.45, 7) is 1.70. The maximum atomic E-state index is 13.6. The van der Waals surface area contributed by atoms with E-state index in [4.69, 9.17) is 4.74 Å². The molecule has 0 spiro atoms. The Balaban J connectivity index is 0.00000220. The number of likely N-dealkylation sites (N-methyl/N-ethyl adjacent to an activating group) is 1. The van der Waals surface area contributed by atoms with Crippen molar-refractivity contribution in [1.29, 1.82) is 0 Å². The normalized spacial score (nSPS) is 15.2. The molecule has 21 heavy (non-hydrogen) atoms. The molecule has 1 N–H and O–H groups in total. The van der Waals surface area contributed by atoms with Gasteiger partial charge in [0.05, 0.1) is 0 Å². The van der Waals surface area contributed by atoms with E-state index in [0.29, 0.717) is 4.47 Å². The molecule has 1 aromatic carbocycles. The lowest BCUT2D eigenvalue weighted by molar-refractivity contribution is -0.134. The monoisotopic (exact) mass is 380 g/mol. The minimum absolute atomic E-state index is 0. The molecule has 1 fully saturated rings. The number of halogens is 3. The highest BCUT2D eigenvalue weighted by Gasteiger charge is 2.22. The van der Waals surface area contributed by atoms with Gasteiger partial charge in [0.1, 0.15) is 0 Å². The van der Waals surface area contributed by atoms with Gasteiger partial charge in [-0.05, 0) is 44.1 Å². The molecule has 0 atom stereocenters. The predicted molar refractivity (Wildman–Crippen MR) is 85.5 cm³/mol. The molecule has 2 rings (SSSR count). The molecule has 0 radical (unpaired) electrons. The standard InChI is InChI=1S/C14H18BrFN2O2.ClH/c1-18(11-4-6-17-7-5-11)14(19)9-20-13-3-2-10(15)8-12(13)16;/h2-3,8,11,17H,4-7,9H2,1H3;1H. The van der Waals surface area contributed by atoms with Gasteiger partial charge in [0.2, 0.25) is 0 Å². The lowest BCUT2D eigenvalue weighted by Gasteiger charge is -2.31. The summed E-state index contributed by atoms with van der Waals surface area (Å²) in [6, 6.07) is 4.74. The van der Waals surface area contributed by atoms with Crippen LogP contribution >= 0.6 is 28.3 Å². The van der Waals surface area contributed by atoms with Crippen molar-refractivity contribution < 1.29 is 13.9 Å². The first-order valence-electron chi connectivity index (χ1n) is 6.62. The van der Waals surface area contributed by atoms with E-state index in [9.17, 15) is 9.18 Å². The first-order valence-corrected chi connectivity index (χ1v) is 7.41. The van der Waals surface area contributed by atoms with E-state index in [0.717, 1.165) is 25.9 Å². The number of ether oxygens (including phenoxy) is 1. The number of nitrogens with zero attached hydrogens (tertiary/aromatic N) is 1. The van der Waals surface area contributed by atoms with Crippen molar-refractivity contribution in [3.8, 4) is 5.75 Å². The van der Waals surface area contributed by atoms with Gasteiger partial charge in [-0.2, -0.15) is 0 Å². The fourth-order valence-corrected chi connectivity index (χ4v) is 2.56. The fourth-order valence-electron chi connectivity index (χ4n) is 2.23. The number of nitrogens with one attached hydrogen (secondary N) is 1. The fraction of sp³-hybridized carbons (Fsp3) is 0.500. The maximum Gasteiger partial charge on any atom is 0.260 e. The van der Waals surface area contributed by atoms with Crippen LogP contribution in [0.15, 0.2) is 22.7 Å². The number of amides is 1. The minimum atomic E-state index is -0.475. The Kier molecular flexibility index (Phi) is 7.42. The molecule has 1 amide bonds. The van der Waals surface area contributed by atoms with Crippen molar-refractivity contribution in [3.63, 3.8) is 0 Å². The molecule has 1 aliphatic rings. The van der Waals surface area contributed by atoms with Crippen molar-refractivity contribution in [2.75, 3.05) is 26.7 Å². The summed E-state index contributed by atoms with van der Waals surface area (Å²) in [5.41, 5.74) is 0. The van der Waals surface area contributed by atoms with Crippen LogP contribution in [0.1, 0.15) is 12.8 Å². The number of hydrogen-bond acceptors (Lipinski definition) is 3. The van der Waals surface area contributed by atoms with E-state index >= 15 is 0 Å². The third-order valence-electron chi connectivity index (χ3n) is 3.49. The Morgan fingerprint density at radius 3 is 2.76 bits per heavy atom. The summed E-state index contributed by atoms with van der Waals surface area (Å²) >= 11 is 3.17. The molecular weight excluding hydrogens is 363 g/mol. The van der Waals surface area contributed by atoms with E-state index in [1.54, 1.807) is 18.0 Å². The van der Waals surface area contributed by atoms with E-state index in [2.05, 4.69) is 21.2 Å². The molecule has 4 nitrogen and oxygen atoms in total. The van der Waals surface area contributed by atoms with E-state index in [1.807, 2.05) is 0 Å². The van der Waals surface area contributed by atoms with Crippen LogP contribution in [-0.2, 0) is 4.79 Å². The van der Waals surface area contributed by atoms with Gasteiger partial charge in [-0.25, -0.2) is 4.39 Å². The molecule has 0 unspecified atom stereocenters. The first-order chi connectivity index (χ1) is 9.58. The van der Waals surface area contributed by atoms with Crippen LogP contribution in [0.25, 0.3) is 0 Å². The second-order valence-electron chi connectivity index (χ2n) is 4.85. The number of carbonyl (C=O) groups is 1. The van der Waals surface area contributed by atoms with Gasteiger partial charge >= 0.3 is 0 Å². The molecule has 0 aliphatic carbocycles. The van der Waals surface area contributed by atoms with Gasteiger partial charge in [0.15, 0.2) is 18.2 Å². The largest absolute Gasteiger partial charge is 0.481 e. The Labute approximate surface area is 138 Å². The molecule has 7 heteroatoms. The van der Waals surface area contributed by atoms with Gasteiger partial charge in [0, 0.05) is 17.6 Å². The van der Waals surface area contributed by atoms with Crippen molar-refractivity contribution >= 4 is 34.2 Å². The highest BCUT2D eigenvalue weighted by atomic mass is 79.9. The third kappa shape index (κ3) is 5.13. The van der Waals surface area contributed by atoms with Gasteiger partial charge in [-0.3, -0.25) is 4.79 Å². The number of benzene rings is 1. The van der Waals surface area contributed by atoms with E-state index in [-0.39, 0.29) is 36.7 Å². The SMILES string of the molecule is CN(C(=O)COc1ccc(Br)cc1F)C1CCNCC1.Cl. The highest BCUT2D eigenvalue weighted by molar-refractivity contribution is 9.10. The van der Waals surface area contributed by atoms with Crippen LogP contribution in [0.5, 0.6) is 5.75 Å². The second kappa shape index (κ2) is 8.56. The van der Waals surface area contributed by atoms with Crippen LogP contribution in [0, 0.1) is 5.82 Å². The Hall–Kier alpha value is -0.850. The van der Waals surface area contributed by atoms with Gasteiger partial charge < -0.3 is 15.0 Å². The molecule has 0 bridgehead atoms. The molecule has 118 valence electrons. The summed E-state index contributed by atoms with van der Waals surface area (Å²) < 4.78 is 19.5. The molecule has 1 saturated heterocycles. The molecule has 1 heterocycles. The van der Waals surface area contributed by atoms with E-state index in [1.165, 1.54) is 12.1 Å². The zero-order valence-electron chi connectivity index (χ0n) is 11.8. The van der Waals surface area contributed by atoms with Crippen molar-refractivity contribution in [2.24, 2.45) is 0 Å². The second-order valence-corrected chi connectivity index (χ2v) is 5.76. The minimum Gasteiger partial charge on any atom is -0.481 e. The van der Waals surface area contributed by atoms with Crippen LogP contribution < -0.4 is 10.1 Å². The lowest BCUT2D eigenvalue weighted by Crippen LogP contribution is -2.45. The van der Waals surface area contributed by atoms with Gasteiger partial charge in [0.25, 0.3) is 5.91 Å². The zero-order chi connectivity index (χ0) is 14.5. The maximum absolute atomic E-state index is 13.6. The van der Waals surface area contributed by atoms with Gasteiger partial charge in [-0.15, -0.1) is 12.4 Å². The molecule has 0 aromatic heterocycles. The van der Waals surface area contributed by atoms with Crippen LogP contribution in [0.4, 0.5) is 4.39 Å². The van der Waals surface area contributed by atoms with Crippen LogP contribution in [0.2, 0.25) is 0 Å². The highest BCUT2D eigenvalue weighted by Crippen LogP contribution is 2.21. The summed E-state index contributed by atoms with van der Waals surface area (Å²) in [5.74, 6) is -0.504. The summed E-state index contributed by atoms with van der Waals surface area (Å²) in [4.78, 5) is 13.7. The van der Waals surface area contributed by atoms with Crippen molar-refractivity contribution in [1.82, 2.24) is 10.2 Å². The number of piperidine rings is 1. The molecule has 1 aliphatic heterocycles. The molecule has 1 aromatic rings. The Morgan fingerprint density at radius 2 is 2.14 bits per heavy atom. The lowest BCUT2D eigenvalue weighted by atomic mass is 10.1. The number of carbonyl (C=O) groups excluding carboxylic acids is 1. The predicted octanol–water partition coefficient (Wildman–Crippen LogP) is 2.60. The topological polar surface area (TPSA) is 41.6 Å². The number of rotatable bonds is 4. The summed E-state index contributed by atoms with van der Waals surface area (Å²) in [6.07, 6.45) is 1.88. The van der Waals surface area contributed by atoms with Crippen LogP contribution in [-0.4, -0.2) is 43.6 Å².